The average molecular weight is 263 g/mol. The lowest BCUT2D eigenvalue weighted by molar-refractivity contribution is 0.0348. The molecule has 2 atom stereocenters. The molecule has 1 N–H and O–H groups in total. The van der Waals surface area contributed by atoms with Crippen LogP contribution in [0.4, 0.5) is 0 Å². The van der Waals surface area contributed by atoms with E-state index in [1.807, 2.05) is 7.05 Å². The Balaban J connectivity index is 3.00. The second kappa shape index (κ2) is 6.53. The number of likely N-dealkylation sites (N-methyl/N-ethyl adjacent to an activating group) is 1. The lowest BCUT2D eigenvalue weighted by atomic mass is 9.85. The number of ether oxygens (including phenoxy) is 1. The molecule has 108 valence electrons. The Hall–Kier alpha value is -0.860. The molecule has 2 nitrogen and oxygen atoms in total. The Bertz CT molecular complexity index is 375. The zero-order chi connectivity index (χ0) is 14.6. The van der Waals surface area contributed by atoms with Crippen LogP contribution in [-0.4, -0.2) is 20.3 Å². The molecule has 0 aliphatic rings. The fraction of sp³-hybridized carbons (Fsp3) is 0.647. The highest BCUT2D eigenvalue weighted by atomic mass is 16.5. The van der Waals surface area contributed by atoms with E-state index in [-0.39, 0.29) is 17.6 Å². The Morgan fingerprint density at radius 2 is 1.58 bits per heavy atom. The van der Waals surface area contributed by atoms with Gasteiger partial charge in [0, 0.05) is 7.11 Å². The van der Waals surface area contributed by atoms with Crippen molar-refractivity contribution in [2.45, 2.75) is 52.2 Å². The van der Waals surface area contributed by atoms with E-state index in [4.69, 9.17) is 4.74 Å². The third-order valence-corrected chi connectivity index (χ3v) is 3.70. The number of nitrogens with one attached hydrogen (secondary N) is 1. The van der Waals surface area contributed by atoms with Gasteiger partial charge in [0.15, 0.2) is 0 Å². The maximum atomic E-state index is 5.65. The molecule has 0 fully saturated rings. The number of hydrogen-bond donors (Lipinski definition) is 1. The summed E-state index contributed by atoms with van der Waals surface area (Å²) in [5, 5.41) is 3.38. The average Bonchev–Trinajstić information content (AvgIpc) is 2.34. The lowest BCUT2D eigenvalue weighted by Crippen LogP contribution is -2.34. The van der Waals surface area contributed by atoms with E-state index >= 15 is 0 Å². The van der Waals surface area contributed by atoms with Crippen LogP contribution in [0.3, 0.4) is 0 Å². The zero-order valence-corrected chi connectivity index (χ0v) is 13.4. The van der Waals surface area contributed by atoms with E-state index in [1.165, 1.54) is 11.1 Å². The summed E-state index contributed by atoms with van der Waals surface area (Å²) in [5.74, 6) is 0.477. The van der Waals surface area contributed by atoms with E-state index in [0.717, 1.165) is 0 Å². The molecule has 0 bridgehead atoms. The van der Waals surface area contributed by atoms with Gasteiger partial charge in [-0.2, -0.15) is 0 Å². The first-order valence-corrected chi connectivity index (χ1v) is 7.11. The molecule has 1 rings (SSSR count). The van der Waals surface area contributed by atoms with Crippen molar-refractivity contribution in [2.75, 3.05) is 14.2 Å². The molecule has 0 saturated carbocycles. The van der Waals surface area contributed by atoms with Crippen molar-refractivity contribution in [3.8, 4) is 0 Å². The maximum absolute atomic E-state index is 5.65. The Kier molecular flexibility index (Phi) is 5.57. The van der Waals surface area contributed by atoms with Crippen LogP contribution in [0, 0.1) is 5.92 Å². The standard InChI is InChI=1S/C17H29NO/c1-12(2)16(19-7)15(18-6)13-8-10-14(11-9-13)17(3,4)5/h8-12,15-16,18H,1-7H3. The predicted octanol–water partition coefficient (Wildman–Crippen LogP) is 3.92. The van der Waals surface area contributed by atoms with Gasteiger partial charge in [0.1, 0.15) is 0 Å². The van der Waals surface area contributed by atoms with Gasteiger partial charge in [-0.15, -0.1) is 0 Å². The second-order valence-electron chi connectivity index (χ2n) is 6.58. The van der Waals surface area contributed by atoms with Gasteiger partial charge in [0.25, 0.3) is 0 Å². The van der Waals surface area contributed by atoms with Crippen LogP contribution in [0.5, 0.6) is 0 Å². The minimum absolute atomic E-state index is 0.186. The normalized spacial score (nSPS) is 15.6. The quantitative estimate of drug-likeness (QED) is 0.869. The highest BCUT2D eigenvalue weighted by Crippen LogP contribution is 2.27. The SMILES string of the molecule is CNC(c1ccc(C(C)(C)C)cc1)C(OC)C(C)C. The maximum Gasteiger partial charge on any atom is 0.0788 e. The van der Waals surface area contributed by atoms with Crippen LogP contribution in [0.25, 0.3) is 0 Å². The van der Waals surface area contributed by atoms with Gasteiger partial charge in [-0.25, -0.2) is 0 Å². The van der Waals surface area contributed by atoms with E-state index < -0.39 is 0 Å². The lowest BCUT2D eigenvalue weighted by Gasteiger charge is -2.29. The molecule has 0 amide bonds. The summed E-state index contributed by atoms with van der Waals surface area (Å²) in [5.41, 5.74) is 2.85. The van der Waals surface area contributed by atoms with Crippen molar-refractivity contribution < 1.29 is 4.74 Å². The zero-order valence-electron chi connectivity index (χ0n) is 13.4. The Morgan fingerprint density at radius 3 is 1.89 bits per heavy atom. The summed E-state index contributed by atoms with van der Waals surface area (Å²) in [4.78, 5) is 0. The van der Waals surface area contributed by atoms with Crippen LogP contribution in [0.2, 0.25) is 0 Å². The van der Waals surface area contributed by atoms with Gasteiger partial charge >= 0.3 is 0 Å². The largest absolute Gasteiger partial charge is 0.379 e. The second-order valence-corrected chi connectivity index (χ2v) is 6.58. The number of methoxy groups -OCH3 is 1. The molecule has 0 saturated heterocycles. The van der Waals surface area contributed by atoms with Crippen LogP contribution >= 0.6 is 0 Å². The van der Waals surface area contributed by atoms with Gasteiger partial charge in [0.2, 0.25) is 0 Å². The number of hydrogen-bond acceptors (Lipinski definition) is 2. The minimum Gasteiger partial charge on any atom is -0.379 e. The first-order valence-electron chi connectivity index (χ1n) is 7.11. The van der Waals surface area contributed by atoms with Gasteiger partial charge in [-0.3, -0.25) is 0 Å². The molecule has 2 unspecified atom stereocenters. The Morgan fingerprint density at radius 1 is 1.05 bits per heavy atom. The third kappa shape index (κ3) is 4.05. The predicted molar refractivity (Wildman–Crippen MR) is 82.6 cm³/mol. The topological polar surface area (TPSA) is 21.3 Å². The summed E-state index contributed by atoms with van der Waals surface area (Å²) in [6.07, 6.45) is 0.186. The fourth-order valence-electron chi connectivity index (χ4n) is 2.50. The highest BCUT2D eigenvalue weighted by molar-refractivity contribution is 5.29. The molecule has 0 radical (unpaired) electrons. The third-order valence-electron chi connectivity index (χ3n) is 3.70. The van der Waals surface area contributed by atoms with E-state index in [9.17, 15) is 0 Å². The molecule has 1 aromatic carbocycles. The van der Waals surface area contributed by atoms with Crippen molar-refractivity contribution in [3.63, 3.8) is 0 Å². The molecule has 0 spiro atoms. The van der Waals surface area contributed by atoms with E-state index in [1.54, 1.807) is 7.11 Å². The highest BCUT2D eigenvalue weighted by Gasteiger charge is 2.24. The Labute approximate surface area is 118 Å². The van der Waals surface area contributed by atoms with Crippen LogP contribution in [0.15, 0.2) is 24.3 Å². The molecule has 2 heteroatoms. The summed E-state index contributed by atoms with van der Waals surface area (Å²) in [6.45, 7) is 11.1. The van der Waals surface area contributed by atoms with Crippen molar-refractivity contribution in [3.05, 3.63) is 35.4 Å². The molecule has 1 aromatic rings. The molecular weight excluding hydrogens is 234 g/mol. The van der Waals surface area contributed by atoms with Crippen LogP contribution < -0.4 is 5.32 Å². The van der Waals surface area contributed by atoms with Gasteiger partial charge < -0.3 is 10.1 Å². The van der Waals surface area contributed by atoms with Crippen molar-refractivity contribution >= 4 is 0 Å². The molecule has 0 aromatic heterocycles. The first-order chi connectivity index (χ1) is 8.81. The summed E-state index contributed by atoms with van der Waals surface area (Å²) < 4.78 is 5.65. The summed E-state index contributed by atoms with van der Waals surface area (Å²) in [6, 6.07) is 9.13. The monoisotopic (exact) mass is 263 g/mol. The fourth-order valence-corrected chi connectivity index (χ4v) is 2.50. The van der Waals surface area contributed by atoms with Gasteiger partial charge in [0.05, 0.1) is 12.1 Å². The smallest absolute Gasteiger partial charge is 0.0788 e. The number of rotatable bonds is 5. The van der Waals surface area contributed by atoms with Gasteiger partial charge in [-0.05, 0) is 29.5 Å². The van der Waals surface area contributed by atoms with E-state index in [2.05, 4.69) is 64.2 Å². The summed E-state index contributed by atoms with van der Waals surface area (Å²) in [7, 11) is 3.79. The van der Waals surface area contributed by atoms with Crippen molar-refractivity contribution in [1.82, 2.24) is 5.32 Å². The van der Waals surface area contributed by atoms with E-state index in [0.29, 0.717) is 5.92 Å². The minimum atomic E-state index is 0.186. The first kappa shape index (κ1) is 16.2. The van der Waals surface area contributed by atoms with Crippen molar-refractivity contribution in [1.29, 1.82) is 0 Å². The number of benzene rings is 1. The van der Waals surface area contributed by atoms with Gasteiger partial charge in [-0.1, -0.05) is 58.9 Å². The molecular formula is C17H29NO. The molecule has 0 aliphatic heterocycles. The van der Waals surface area contributed by atoms with Crippen LogP contribution in [-0.2, 0) is 10.2 Å². The molecule has 0 heterocycles. The molecule has 19 heavy (non-hydrogen) atoms. The molecule has 0 aliphatic carbocycles. The summed E-state index contributed by atoms with van der Waals surface area (Å²) >= 11 is 0. The van der Waals surface area contributed by atoms with Crippen LogP contribution in [0.1, 0.15) is 51.8 Å². The van der Waals surface area contributed by atoms with Crippen molar-refractivity contribution in [2.24, 2.45) is 5.92 Å².